The first-order valence-electron chi connectivity index (χ1n) is 16.1. The van der Waals surface area contributed by atoms with Crippen molar-refractivity contribution in [2.45, 2.75) is 38.0 Å². The molecule has 49 heavy (non-hydrogen) atoms. The fourth-order valence-electron chi connectivity index (χ4n) is 6.69. The highest BCUT2D eigenvalue weighted by molar-refractivity contribution is 7.85. The van der Waals surface area contributed by atoms with E-state index in [2.05, 4.69) is 5.10 Å². The van der Waals surface area contributed by atoms with Gasteiger partial charge in [-0.15, -0.1) is 0 Å². The number of aromatic nitrogens is 2. The van der Waals surface area contributed by atoms with Crippen molar-refractivity contribution in [3.63, 3.8) is 0 Å². The number of nitrogens with zero attached hydrogens (tertiary/aromatic N) is 3. The van der Waals surface area contributed by atoms with E-state index in [0.717, 1.165) is 11.1 Å². The summed E-state index contributed by atoms with van der Waals surface area (Å²) in [7, 11) is -4.60. The van der Waals surface area contributed by atoms with Gasteiger partial charge in [0.25, 0.3) is 21.5 Å². The first-order valence-corrected chi connectivity index (χ1v) is 17.7. The van der Waals surface area contributed by atoms with E-state index in [1.807, 2.05) is 60.7 Å². The highest BCUT2D eigenvalue weighted by Crippen LogP contribution is 2.41. The monoisotopic (exact) mass is 681 g/mol. The first kappa shape index (κ1) is 33.8. The van der Waals surface area contributed by atoms with Gasteiger partial charge in [-0.3, -0.25) is 18.8 Å². The van der Waals surface area contributed by atoms with Crippen LogP contribution in [0.25, 0.3) is 0 Å². The van der Waals surface area contributed by atoms with E-state index in [4.69, 9.17) is 4.74 Å². The molecule has 11 heteroatoms. The van der Waals surface area contributed by atoms with Crippen LogP contribution in [-0.4, -0.2) is 51.9 Å². The molecule has 1 N–H and O–H groups in total. The number of likely N-dealkylation sites (tertiary alicyclic amines) is 1. The van der Waals surface area contributed by atoms with Crippen LogP contribution in [0.1, 0.15) is 51.5 Å². The minimum absolute atomic E-state index is 0.0584. The fourth-order valence-corrected chi connectivity index (χ4v) is 7.59. The lowest BCUT2D eigenvalue weighted by Gasteiger charge is -2.36. The molecule has 0 bridgehead atoms. The number of rotatable bonds is 12. The van der Waals surface area contributed by atoms with Crippen LogP contribution >= 0.6 is 0 Å². The topological polar surface area (TPSA) is 119 Å². The van der Waals surface area contributed by atoms with Gasteiger partial charge in [0, 0.05) is 24.4 Å². The third kappa shape index (κ3) is 8.13. The van der Waals surface area contributed by atoms with E-state index < -0.39 is 50.9 Å². The zero-order chi connectivity index (χ0) is 34.4. The van der Waals surface area contributed by atoms with Crippen molar-refractivity contribution in [1.82, 2.24) is 14.7 Å². The number of amides is 1. The van der Waals surface area contributed by atoms with Crippen molar-refractivity contribution in [1.29, 1.82) is 0 Å². The van der Waals surface area contributed by atoms with Gasteiger partial charge in [-0.2, -0.15) is 13.5 Å². The molecule has 5 aromatic rings. The van der Waals surface area contributed by atoms with Crippen molar-refractivity contribution >= 4 is 16.0 Å². The summed E-state index contributed by atoms with van der Waals surface area (Å²) >= 11 is 0. The van der Waals surface area contributed by atoms with Gasteiger partial charge in [0.2, 0.25) is 0 Å². The molecule has 252 valence electrons. The van der Waals surface area contributed by atoms with Crippen LogP contribution in [-0.2, 0) is 23.3 Å². The van der Waals surface area contributed by atoms with E-state index in [-0.39, 0.29) is 36.7 Å². The number of hydrogen-bond donors (Lipinski definition) is 1. The predicted molar refractivity (Wildman–Crippen MR) is 183 cm³/mol. The van der Waals surface area contributed by atoms with Crippen LogP contribution in [0.2, 0.25) is 0 Å². The Hall–Kier alpha value is -5.13. The molecule has 0 unspecified atom stereocenters. The Bertz CT molecular complexity index is 2060. The molecule has 1 aliphatic heterocycles. The summed E-state index contributed by atoms with van der Waals surface area (Å²) in [6, 6.07) is 32.9. The standard InChI is InChI=1S/C38H36FN3O6S/c39-32-20-11-10-19-30(32)35(29-17-8-3-9-18-29)31(26-49(45,46)47)33-21-12-22-42(33)38(44)36-37(43)34(48-25-28-15-6-2-7-16-28)24-41(40-36)23-27-13-4-1-5-14-27/h1-11,13-20,24,31,33,35H,12,21-23,25-26H2,(H,45,46,47)/t31-,33+,35+/m0/s1. The Morgan fingerprint density at radius 2 is 1.51 bits per heavy atom. The second-order valence-corrected chi connectivity index (χ2v) is 13.7. The second-order valence-electron chi connectivity index (χ2n) is 12.2. The summed E-state index contributed by atoms with van der Waals surface area (Å²) in [6.45, 7) is 0.545. The maximum atomic E-state index is 15.5. The van der Waals surface area contributed by atoms with Crippen LogP contribution in [0.3, 0.4) is 0 Å². The van der Waals surface area contributed by atoms with Crippen molar-refractivity contribution in [2.24, 2.45) is 5.92 Å². The third-order valence-corrected chi connectivity index (χ3v) is 9.65. The SMILES string of the molecule is O=C(c1nn(Cc2ccccc2)cc(OCc2ccccc2)c1=O)N1CCC[C@@H]1[C@H](CS(=O)(=O)O)[C@H](c1ccccc1)c1ccccc1F. The third-order valence-electron chi connectivity index (χ3n) is 8.85. The zero-order valence-electron chi connectivity index (χ0n) is 26.6. The summed E-state index contributed by atoms with van der Waals surface area (Å²) in [4.78, 5) is 29.8. The number of benzene rings is 4. The number of ether oxygens (including phenoxy) is 1. The molecule has 0 radical (unpaired) electrons. The molecule has 1 aliphatic rings. The van der Waals surface area contributed by atoms with Gasteiger partial charge in [0.05, 0.1) is 18.5 Å². The first-order chi connectivity index (χ1) is 23.7. The Labute approximate surface area is 284 Å². The lowest BCUT2D eigenvalue weighted by Crippen LogP contribution is -2.46. The number of carbonyl (C=O) groups is 1. The number of carbonyl (C=O) groups excluding carboxylic acids is 1. The van der Waals surface area contributed by atoms with Gasteiger partial charge >= 0.3 is 0 Å². The van der Waals surface area contributed by atoms with Gasteiger partial charge in [-0.1, -0.05) is 109 Å². The minimum Gasteiger partial charge on any atom is -0.483 e. The van der Waals surface area contributed by atoms with Gasteiger partial charge in [0.1, 0.15) is 12.4 Å². The van der Waals surface area contributed by atoms with Gasteiger partial charge in [-0.25, -0.2) is 4.39 Å². The van der Waals surface area contributed by atoms with E-state index in [1.165, 1.54) is 21.8 Å². The van der Waals surface area contributed by atoms with Gasteiger partial charge in [-0.05, 0) is 41.2 Å². The normalized spacial score (nSPS) is 15.9. The summed E-state index contributed by atoms with van der Waals surface area (Å²) in [5.41, 5.74) is 1.50. The Balaban J connectivity index is 1.41. The molecule has 9 nitrogen and oxygen atoms in total. The molecule has 3 atom stereocenters. The Morgan fingerprint density at radius 3 is 2.16 bits per heavy atom. The summed E-state index contributed by atoms with van der Waals surface area (Å²) in [5.74, 6) is -3.84. The van der Waals surface area contributed by atoms with Gasteiger partial charge < -0.3 is 9.64 Å². The molecule has 2 heterocycles. The lowest BCUT2D eigenvalue weighted by atomic mass is 9.77. The minimum atomic E-state index is -4.60. The molecule has 0 spiro atoms. The van der Waals surface area contributed by atoms with Crippen molar-refractivity contribution in [2.75, 3.05) is 12.3 Å². The van der Waals surface area contributed by atoms with Crippen LogP contribution in [0.4, 0.5) is 4.39 Å². The molecular formula is C38H36FN3O6S. The largest absolute Gasteiger partial charge is 0.483 e. The molecule has 0 saturated carbocycles. The smallest absolute Gasteiger partial charge is 0.278 e. The summed E-state index contributed by atoms with van der Waals surface area (Å²) in [5, 5.41) is 4.48. The molecule has 1 saturated heterocycles. The van der Waals surface area contributed by atoms with E-state index in [1.54, 1.807) is 48.5 Å². The quantitative estimate of drug-likeness (QED) is 0.162. The molecule has 6 rings (SSSR count). The second kappa shape index (κ2) is 15.0. The van der Waals surface area contributed by atoms with Crippen LogP contribution in [0.15, 0.2) is 126 Å². The van der Waals surface area contributed by atoms with Gasteiger partial charge in [0.15, 0.2) is 11.4 Å². The van der Waals surface area contributed by atoms with Crippen LogP contribution in [0, 0.1) is 11.7 Å². The van der Waals surface area contributed by atoms with Crippen molar-refractivity contribution in [3.8, 4) is 5.75 Å². The average molecular weight is 682 g/mol. The Kier molecular flexibility index (Phi) is 10.3. The molecule has 0 aliphatic carbocycles. The van der Waals surface area contributed by atoms with E-state index in [9.17, 15) is 22.6 Å². The van der Waals surface area contributed by atoms with Crippen LogP contribution < -0.4 is 10.2 Å². The van der Waals surface area contributed by atoms with Crippen molar-refractivity contribution < 1.29 is 26.9 Å². The molecule has 1 amide bonds. The molecule has 1 fully saturated rings. The maximum Gasteiger partial charge on any atom is 0.278 e. The predicted octanol–water partition coefficient (Wildman–Crippen LogP) is 5.95. The number of hydrogen-bond acceptors (Lipinski definition) is 6. The van der Waals surface area contributed by atoms with Crippen molar-refractivity contribution in [3.05, 3.63) is 165 Å². The average Bonchev–Trinajstić information content (AvgIpc) is 3.59. The molecular weight excluding hydrogens is 645 g/mol. The molecule has 1 aromatic heterocycles. The van der Waals surface area contributed by atoms with E-state index in [0.29, 0.717) is 18.4 Å². The number of halogens is 1. The summed E-state index contributed by atoms with van der Waals surface area (Å²) in [6.07, 6.45) is 2.34. The maximum absolute atomic E-state index is 15.5. The summed E-state index contributed by atoms with van der Waals surface area (Å²) < 4.78 is 58.3. The molecule has 4 aromatic carbocycles. The lowest BCUT2D eigenvalue weighted by molar-refractivity contribution is 0.0675. The Morgan fingerprint density at radius 1 is 0.898 bits per heavy atom. The highest BCUT2D eigenvalue weighted by atomic mass is 32.2. The zero-order valence-corrected chi connectivity index (χ0v) is 27.5. The highest BCUT2D eigenvalue weighted by Gasteiger charge is 2.43. The van der Waals surface area contributed by atoms with E-state index >= 15 is 4.39 Å². The fraction of sp³-hybridized carbons (Fsp3) is 0.237. The van der Waals surface area contributed by atoms with Crippen LogP contribution in [0.5, 0.6) is 5.75 Å².